The predicted molar refractivity (Wildman–Crippen MR) is 74.2 cm³/mol. The Hall–Kier alpha value is -2.17. The number of pyridine rings is 1. The minimum Gasteiger partial charge on any atom is -0.365 e. The van der Waals surface area contributed by atoms with E-state index >= 15 is 0 Å². The van der Waals surface area contributed by atoms with Gasteiger partial charge in [0.2, 0.25) is 0 Å². The first-order valence-electron chi connectivity index (χ1n) is 6.61. The molecule has 0 saturated carbocycles. The number of nitrogens with zero attached hydrogens (tertiary/aromatic N) is 4. The minimum absolute atomic E-state index is 0.534. The van der Waals surface area contributed by atoms with Crippen LogP contribution in [0.4, 0.5) is 11.5 Å². The van der Waals surface area contributed by atoms with E-state index in [1.54, 1.807) is 0 Å². The summed E-state index contributed by atoms with van der Waals surface area (Å²) in [6, 6.07) is 4.53. The van der Waals surface area contributed by atoms with Crippen molar-refractivity contribution in [1.29, 1.82) is 0 Å². The maximum atomic E-state index is 4.65. The second kappa shape index (κ2) is 3.91. The van der Waals surface area contributed by atoms with Crippen LogP contribution in [0.2, 0.25) is 0 Å². The SMILES string of the molecule is Cc1ccc(-c2ncc3c(n2)N[C@H]2CCN3C2)cn1. The Morgan fingerprint density at radius 3 is 3.05 bits per heavy atom. The average Bonchev–Trinajstić information content (AvgIpc) is 2.82. The van der Waals surface area contributed by atoms with E-state index in [0.29, 0.717) is 6.04 Å². The van der Waals surface area contributed by atoms with Crippen molar-refractivity contribution in [1.82, 2.24) is 15.0 Å². The molecule has 2 aromatic rings. The van der Waals surface area contributed by atoms with E-state index in [2.05, 4.69) is 25.2 Å². The van der Waals surface area contributed by atoms with Crippen molar-refractivity contribution in [2.24, 2.45) is 0 Å². The van der Waals surface area contributed by atoms with Gasteiger partial charge in [-0.05, 0) is 25.5 Å². The molecule has 0 unspecified atom stereocenters. The highest BCUT2D eigenvalue weighted by Crippen LogP contribution is 2.34. The lowest BCUT2D eigenvalue weighted by atomic mass is 10.2. The standard InChI is InChI=1S/C14H15N5/c1-9-2-3-10(6-15-9)13-16-7-12-14(18-13)17-11-4-5-19(12)8-11/h2-3,6-7,11H,4-5,8H2,1H3,(H,16,17,18)/t11-/m0/s1. The largest absolute Gasteiger partial charge is 0.365 e. The van der Waals surface area contributed by atoms with Crippen LogP contribution in [-0.2, 0) is 0 Å². The molecule has 0 amide bonds. The fourth-order valence-corrected chi connectivity index (χ4v) is 2.74. The maximum absolute atomic E-state index is 4.65. The molecule has 96 valence electrons. The molecule has 1 saturated heterocycles. The van der Waals surface area contributed by atoms with Crippen LogP contribution >= 0.6 is 0 Å². The van der Waals surface area contributed by atoms with Crippen molar-refractivity contribution in [2.75, 3.05) is 23.3 Å². The molecule has 0 radical (unpaired) electrons. The van der Waals surface area contributed by atoms with E-state index in [9.17, 15) is 0 Å². The maximum Gasteiger partial charge on any atom is 0.163 e. The van der Waals surface area contributed by atoms with Gasteiger partial charge >= 0.3 is 0 Å². The summed E-state index contributed by atoms with van der Waals surface area (Å²) < 4.78 is 0. The number of nitrogens with one attached hydrogen (secondary N) is 1. The van der Waals surface area contributed by atoms with Gasteiger partial charge in [0.15, 0.2) is 11.6 Å². The molecule has 0 aromatic carbocycles. The Labute approximate surface area is 111 Å². The summed E-state index contributed by atoms with van der Waals surface area (Å²) in [5.41, 5.74) is 3.09. The molecule has 2 bridgehead atoms. The van der Waals surface area contributed by atoms with Gasteiger partial charge in [-0.25, -0.2) is 9.97 Å². The first-order valence-corrected chi connectivity index (χ1v) is 6.61. The van der Waals surface area contributed by atoms with Gasteiger partial charge in [0.25, 0.3) is 0 Å². The third-order valence-electron chi connectivity index (χ3n) is 3.81. The Kier molecular flexibility index (Phi) is 2.21. The van der Waals surface area contributed by atoms with Crippen molar-refractivity contribution >= 4 is 11.5 Å². The second-order valence-corrected chi connectivity index (χ2v) is 5.19. The molecule has 1 N–H and O–H groups in total. The van der Waals surface area contributed by atoms with Gasteiger partial charge in [0.1, 0.15) is 0 Å². The van der Waals surface area contributed by atoms with Crippen LogP contribution in [0.5, 0.6) is 0 Å². The van der Waals surface area contributed by atoms with Crippen molar-refractivity contribution in [3.8, 4) is 11.4 Å². The minimum atomic E-state index is 0.534. The number of hydrogen-bond donors (Lipinski definition) is 1. The molecule has 4 rings (SSSR count). The van der Waals surface area contributed by atoms with Crippen LogP contribution in [0.25, 0.3) is 11.4 Å². The Balaban J connectivity index is 1.76. The van der Waals surface area contributed by atoms with Gasteiger partial charge in [-0.1, -0.05) is 0 Å². The average molecular weight is 253 g/mol. The van der Waals surface area contributed by atoms with Gasteiger partial charge < -0.3 is 10.2 Å². The molecular formula is C14H15N5. The lowest BCUT2D eigenvalue weighted by Crippen LogP contribution is -2.32. The summed E-state index contributed by atoms with van der Waals surface area (Å²) in [6.07, 6.45) is 4.93. The van der Waals surface area contributed by atoms with E-state index in [1.807, 2.05) is 31.5 Å². The van der Waals surface area contributed by atoms with E-state index in [4.69, 9.17) is 0 Å². The van der Waals surface area contributed by atoms with E-state index in [1.165, 1.54) is 6.42 Å². The fourth-order valence-electron chi connectivity index (χ4n) is 2.74. The van der Waals surface area contributed by atoms with Crippen LogP contribution < -0.4 is 10.2 Å². The van der Waals surface area contributed by atoms with E-state index < -0.39 is 0 Å². The van der Waals surface area contributed by atoms with Crippen molar-refractivity contribution in [3.63, 3.8) is 0 Å². The number of fused-ring (bicyclic) bond motifs is 4. The zero-order valence-electron chi connectivity index (χ0n) is 10.8. The van der Waals surface area contributed by atoms with Crippen LogP contribution in [0, 0.1) is 6.92 Å². The number of aromatic nitrogens is 3. The number of rotatable bonds is 1. The first-order chi connectivity index (χ1) is 9.29. The van der Waals surface area contributed by atoms with Gasteiger partial charge in [0.05, 0.1) is 11.9 Å². The summed E-state index contributed by atoms with van der Waals surface area (Å²) in [6.45, 7) is 4.14. The van der Waals surface area contributed by atoms with Gasteiger partial charge in [-0.3, -0.25) is 4.98 Å². The highest BCUT2D eigenvalue weighted by atomic mass is 15.3. The highest BCUT2D eigenvalue weighted by molar-refractivity contribution is 5.71. The molecule has 0 spiro atoms. The number of hydrogen-bond acceptors (Lipinski definition) is 5. The van der Waals surface area contributed by atoms with Crippen LogP contribution in [0.1, 0.15) is 12.1 Å². The third kappa shape index (κ3) is 1.73. The molecule has 2 aromatic heterocycles. The summed E-state index contributed by atoms with van der Waals surface area (Å²) in [5, 5.41) is 3.50. The Morgan fingerprint density at radius 1 is 1.26 bits per heavy atom. The Bertz CT molecular complexity index is 622. The van der Waals surface area contributed by atoms with Crippen molar-refractivity contribution in [3.05, 3.63) is 30.2 Å². The number of anilines is 2. The summed E-state index contributed by atoms with van der Waals surface area (Å²) in [7, 11) is 0. The molecule has 19 heavy (non-hydrogen) atoms. The quantitative estimate of drug-likeness (QED) is 0.840. The van der Waals surface area contributed by atoms with Crippen molar-refractivity contribution in [2.45, 2.75) is 19.4 Å². The summed E-state index contributed by atoms with van der Waals surface area (Å²) in [5.74, 6) is 1.69. The van der Waals surface area contributed by atoms with E-state index in [-0.39, 0.29) is 0 Å². The fraction of sp³-hybridized carbons (Fsp3) is 0.357. The van der Waals surface area contributed by atoms with Gasteiger partial charge in [0, 0.05) is 36.6 Å². The zero-order valence-corrected chi connectivity index (χ0v) is 10.8. The molecule has 1 fully saturated rings. The second-order valence-electron chi connectivity index (χ2n) is 5.19. The molecule has 5 heteroatoms. The molecule has 2 aliphatic rings. The first kappa shape index (κ1) is 10.7. The summed E-state index contributed by atoms with van der Waals surface area (Å²) >= 11 is 0. The van der Waals surface area contributed by atoms with Crippen LogP contribution in [0.15, 0.2) is 24.5 Å². The van der Waals surface area contributed by atoms with Crippen LogP contribution in [-0.4, -0.2) is 34.1 Å². The molecule has 5 nitrogen and oxygen atoms in total. The highest BCUT2D eigenvalue weighted by Gasteiger charge is 2.31. The molecular weight excluding hydrogens is 238 g/mol. The van der Waals surface area contributed by atoms with Crippen molar-refractivity contribution < 1.29 is 0 Å². The lowest BCUT2D eigenvalue weighted by Gasteiger charge is -2.27. The lowest BCUT2D eigenvalue weighted by molar-refractivity contribution is 0.786. The molecule has 0 aliphatic carbocycles. The Morgan fingerprint density at radius 2 is 2.21 bits per heavy atom. The molecule has 4 heterocycles. The topological polar surface area (TPSA) is 53.9 Å². The summed E-state index contributed by atoms with van der Waals surface area (Å²) in [4.78, 5) is 15.8. The smallest absolute Gasteiger partial charge is 0.163 e. The van der Waals surface area contributed by atoms with Gasteiger partial charge in [-0.15, -0.1) is 0 Å². The number of aryl methyl sites for hydroxylation is 1. The predicted octanol–water partition coefficient (Wildman–Crippen LogP) is 1.85. The van der Waals surface area contributed by atoms with Crippen LogP contribution in [0.3, 0.4) is 0 Å². The zero-order chi connectivity index (χ0) is 12.8. The van der Waals surface area contributed by atoms with Gasteiger partial charge in [-0.2, -0.15) is 0 Å². The van der Waals surface area contributed by atoms with E-state index in [0.717, 1.165) is 41.7 Å². The third-order valence-corrected chi connectivity index (χ3v) is 3.81. The molecule has 1 atom stereocenters. The molecule has 2 aliphatic heterocycles. The monoisotopic (exact) mass is 253 g/mol. The normalized spacial score (nSPS) is 20.1.